The Morgan fingerprint density at radius 2 is 1.52 bits per heavy atom. The Labute approximate surface area is 160 Å². The predicted octanol–water partition coefficient (Wildman–Crippen LogP) is 3.87. The highest BCUT2D eigenvalue weighted by Gasteiger charge is 2.10. The predicted molar refractivity (Wildman–Crippen MR) is 106 cm³/mol. The molecule has 0 aliphatic rings. The van der Waals surface area contributed by atoms with Crippen LogP contribution in [0.3, 0.4) is 0 Å². The number of anilines is 1. The number of aryl methyl sites for hydroxylation is 1. The summed E-state index contributed by atoms with van der Waals surface area (Å²) in [5.41, 5.74) is 3.38. The first-order valence-electron chi connectivity index (χ1n) is 9.11. The van der Waals surface area contributed by atoms with Gasteiger partial charge in [-0.3, -0.25) is 14.4 Å². The molecule has 0 aliphatic carbocycles. The highest BCUT2D eigenvalue weighted by molar-refractivity contribution is 5.98. The summed E-state index contributed by atoms with van der Waals surface area (Å²) in [4.78, 5) is 35.7. The molecule has 2 N–H and O–H groups in total. The van der Waals surface area contributed by atoms with E-state index in [0.717, 1.165) is 16.8 Å². The second kappa shape index (κ2) is 9.67. The summed E-state index contributed by atoms with van der Waals surface area (Å²) in [5.74, 6) is -0.302. The molecular formula is C22H26N2O3. The molecule has 0 aromatic heterocycles. The lowest BCUT2D eigenvalue weighted by atomic mass is 10.0. The van der Waals surface area contributed by atoms with Crippen molar-refractivity contribution in [2.45, 2.75) is 40.2 Å². The van der Waals surface area contributed by atoms with Crippen molar-refractivity contribution in [1.29, 1.82) is 0 Å². The third-order valence-corrected chi connectivity index (χ3v) is 4.19. The van der Waals surface area contributed by atoms with Crippen molar-refractivity contribution in [3.05, 3.63) is 65.2 Å². The molecule has 2 aromatic rings. The van der Waals surface area contributed by atoms with Gasteiger partial charge in [0, 0.05) is 36.6 Å². The SMILES string of the molecule is Cc1ccc(C(=O)CCC(=O)NCc2ccc(NC(=O)C(C)C)cc2)cc1. The van der Waals surface area contributed by atoms with E-state index in [4.69, 9.17) is 0 Å². The van der Waals surface area contributed by atoms with E-state index >= 15 is 0 Å². The summed E-state index contributed by atoms with van der Waals surface area (Å²) < 4.78 is 0. The Kier molecular flexibility index (Phi) is 7.29. The minimum absolute atomic E-state index is 0.0320. The van der Waals surface area contributed by atoms with Crippen LogP contribution in [0.4, 0.5) is 5.69 Å². The molecular weight excluding hydrogens is 340 g/mol. The summed E-state index contributed by atoms with van der Waals surface area (Å²) in [6.07, 6.45) is 0.351. The van der Waals surface area contributed by atoms with Crippen LogP contribution in [-0.2, 0) is 16.1 Å². The van der Waals surface area contributed by atoms with Crippen LogP contribution in [0.2, 0.25) is 0 Å². The van der Waals surface area contributed by atoms with E-state index in [0.29, 0.717) is 12.1 Å². The van der Waals surface area contributed by atoms with E-state index < -0.39 is 0 Å². The van der Waals surface area contributed by atoms with Gasteiger partial charge in [-0.05, 0) is 24.6 Å². The van der Waals surface area contributed by atoms with E-state index in [-0.39, 0.29) is 36.4 Å². The monoisotopic (exact) mass is 366 g/mol. The van der Waals surface area contributed by atoms with Crippen LogP contribution in [0.25, 0.3) is 0 Å². The molecule has 0 unspecified atom stereocenters. The van der Waals surface area contributed by atoms with E-state index in [2.05, 4.69) is 10.6 Å². The number of nitrogens with one attached hydrogen (secondary N) is 2. The summed E-state index contributed by atoms with van der Waals surface area (Å²) in [6, 6.07) is 14.7. The average molecular weight is 366 g/mol. The molecule has 0 saturated carbocycles. The molecule has 0 aliphatic heterocycles. The number of carbonyl (C=O) groups is 3. The third-order valence-electron chi connectivity index (χ3n) is 4.19. The Balaban J connectivity index is 1.75. The Bertz CT molecular complexity index is 793. The molecule has 5 nitrogen and oxygen atoms in total. The third kappa shape index (κ3) is 6.70. The summed E-state index contributed by atoms with van der Waals surface area (Å²) in [6.45, 7) is 6.02. The summed E-state index contributed by atoms with van der Waals surface area (Å²) >= 11 is 0. The van der Waals surface area contributed by atoms with Gasteiger partial charge >= 0.3 is 0 Å². The smallest absolute Gasteiger partial charge is 0.226 e. The zero-order chi connectivity index (χ0) is 19.8. The first kappa shape index (κ1) is 20.4. The fraction of sp³-hybridized carbons (Fsp3) is 0.318. The number of rotatable bonds is 8. The maximum absolute atomic E-state index is 12.1. The first-order valence-corrected chi connectivity index (χ1v) is 9.11. The average Bonchev–Trinajstić information content (AvgIpc) is 2.66. The molecule has 2 aromatic carbocycles. The quantitative estimate of drug-likeness (QED) is 0.697. The molecule has 5 heteroatoms. The molecule has 0 saturated heterocycles. The fourth-order valence-corrected chi connectivity index (χ4v) is 2.39. The number of ketones is 1. The van der Waals surface area contributed by atoms with Gasteiger partial charge in [0.25, 0.3) is 0 Å². The fourth-order valence-electron chi connectivity index (χ4n) is 2.39. The maximum Gasteiger partial charge on any atom is 0.226 e. The second-order valence-electron chi connectivity index (χ2n) is 6.91. The normalized spacial score (nSPS) is 10.5. The summed E-state index contributed by atoms with van der Waals surface area (Å²) in [5, 5.41) is 5.64. The number of benzene rings is 2. The molecule has 0 bridgehead atoms. The van der Waals surface area contributed by atoms with Crippen LogP contribution in [-0.4, -0.2) is 17.6 Å². The van der Waals surface area contributed by atoms with Gasteiger partial charge in [-0.1, -0.05) is 55.8 Å². The van der Waals surface area contributed by atoms with Crippen LogP contribution in [0, 0.1) is 12.8 Å². The van der Waals surface area contributed by atoms with Crippen LogP contribution in [0.15, 0.2) is 48.5 Å². The lowest BCUT2D eigenvalue weighted by Crippen LogP contribution is -2.23. The van der Waals surface area contributed by atoms with Crippen molar-refractivity contribution in [3.63, 3.8) is 0 Å². The van der Waals surface area contributed by atoms with Crippen molar-refractivity contribution < 1.29 is 14.4 Å². The molecule has 2 amide bonds. The molecule has 0 fully saturated rings. The zero-order valence-electron chi connectivity index (χ0n) is 16.0. The topological polar surface area (TPSA) is 75.3 Å². The molecule has 2 rings (SSSR count). The lowest BCUT2D eigenvalue weighted by Gasteiger charge is -2.09. The summed E-state index contributed by atoms with van der Waals surface area (Å²) in [7, 11) is 0. The minimum Gasteiger partial charge on any atom is -0.352 e. The van der Waals surface area contributed by atoms with E-state index in [9.17, 15) is 14.4 Å². The van der Waals surface area contributed by atoms with Crippen LogP contribution >= 0.6 is 0 Å². The van der Waals surface area contributed by atoms with Crippen LogP contribution < -0.4 is 10.6 Å². The van der Waals surface area contributed by atoms with E-state index in [1.54, 1.807) is 12.1 Å². The van der Waals surface area contributed by atoms with Gasteiger partial charge in [0.1, 0.15) is 0 Å². The second-order valence-corrected chi connectivity index (χ2v) is 6.91. The largest absolute Gasteiger partial charge is 0.352 e. The van der Waals surface area contributed by atoms with Gasteiger partial charge in [-0.2, -0.15) is 0 Å². The zero-order valence-corrected chi connectivity index (χ0v) is 16.0. The maximum atomic E-state index is 12.1. The number of amides is 2. The molecule has 27 heavy (non-hydrogen) atoms. The van der Waals surface area contributed by atoms with E-state index in [1.807, 2.05) is 57.2 Å². The molecule has 0 radical (unpaired) electrons. The number of Topliss-reactive ketones (excluding diaryl/α,β-unsaturated/α-hetero) is 1. The number of hydrogen-bond acceptors (Lipinski definition) is 3. The molecule has 0 heterocycles. The highest BCUT2D eigenvalue weighted by Crippen LogP contribution is 2.11. The molecule has 0 spiro atoms. The highest BCUT2D eigenvalue weighted by atomic mass is 16.2. The first-order chi connectivity index (χ1) is 12.8. The van der Waals surface area contributed by atoms with E-state index in [1.165, 1.54) is 0 Å². The Hall–Kier alpha value is -2.95. The van der Waals surface area contributed by atoms with Gasteiger partial charge < -0.3 is 10.6 Å². The minimum atomic E-state index is -0.160. The standard InChI is InChI=1S/C22H26N2O3/c1-15(2)22(27)24-19-10-6-17(7-11-19)14-23-21(26)13-12-20(25)18-8-4-16(3)5-9-18/h4-11,15H,12-14H2,1-3H3,(H,23,26)(H,24,27). The van der Waals surface area contributed by atoms with Gasteiger partial charge in [0.2, 0.25) is 11.8 Å². The molecule has 0 atom stereocenters. The Morgan fingerprint density at radius 1 is 0.889 bits per heavy atom. The number of carbonyl (C=O) groups excluding carboxylic acids is 3. The van der Waals surface area contributed by atoms with Crippen molar-refractivity contribution >= 4 is 23.3 Å². The molecule has 142 valence electrons. The van der Waals surface area contributed by atoms with Crippen molar-refractivity contribution in [3.8, 4) is 0 Å². The number of hydrogen-bond donors (Lipinski definition) is 2. The van der Waals surface area contributed by atoms with Crippen molar-refractivity contribution in [1.82, 2.24) is 5.32 Å². The van der Waals surface area contributed by atoms with Gasteiger partial charge in [-0.15, -0.1) is 0 Å². The van der Waals surface area contributed by atoms with Crippen molar-refractivity contribution in [2.75, 3.05) is 5.32 Å². The van der Waals surface area contributed by atoms with Gasteiger partial charge in [0.15, 0.2) is 5.78 Å². The van der Waals surface area contributed by atoms with Gasteiger partial charge in [0.05, 0.1) is 0 Å². The van der Waals surface area contributed by atoms with Crippen LogP contribution in [0.5, 0.6) is 0 Å². The van der Waals surface area contributed by atoms with Gasteiger partial charge in [-0.25, -0.2) is 0 Å². The van der Waals surface area contributed by atoms with Crippen molar-refractivity contribution in [2.24, 2.45) is 5.92 Å². The lowest BCUT2D eigenvalue weighted by molar-refractivity contribution is -0.121. The van der Waals surface area contributed by atoms with Crippen LogP contribution in [0.1, 0.15) is 48.2 Å². The Morgan fingerprint density at radius 3 is 2.11 bits per heavy atom.